The van der Waals surface area contributed by atoms with Crippen LogP contribution in [0.5, 0.6) is 0 Å². The molecular formula is C20H34N4O. The molecule has 5 nitrogen and oxygen atoms in total. The van der Waals surface area contributed by atoms with Crippen LogP contribution in [0.25, 0.3) is 0 Å². The molecule has 1 aromatic rings. The van der Waals surface area contributed by atoms with Crippen LogP contribution in [-0.2, 0) is 19.9 Å². The third kappa shape index (κ3) is 4.63. The number of amides is 1. The van der Waals surface area contributed by atoms with Crippen molar-refractivity contribution in [1.29, 1.82) is 0 Å². The number of nitrogens with zero attached hydrogens (tertiary/aromatic N) is 3. The Kier molecular flexibility index (Phi) is 6.15. The predicted molar refractivity (Wildman–Crippen MR) is 101 cm³/mol. The van der Waals surface area contributed by atoms with Gasteiger partial charge >= 0.3 is 0 Å². The number of nitrogens with one attached hydrogen (secondary N) is 1. The van der Waals surface area contributed by atoms with Crippen molar-refractivity contribution in [2.24, 2.45) is 18.9 Å². The summed E-state index contributed by atoms with van der Waals surface area (Å²) >= 11 is 0. The lowest BCUT2D eigenvalue weighted by atomic mass is 9.81. The van der Waals surface area contributed by atoms with Crippen molar-refractivity contribution in [1.82, 2.24) is 20.0 Å². The Labute approximate surface area is 152 Å². The standard InChI is InChI=1S/C20H34N4O/c1-15-6-4-7-16(14-15)10-12-23(2)13-11-21-20(25)19-17-8-5-9-18(17)22-24(19)3/h15-16H,4-14H2,1-3H3,(H,21,25). The van der Waals surface area contributed by atoms with Gasteiger partial charge in [-0.3, -0.25) is 9.48 Å². The van der Waals surface area contributed by atoms with Gasteiger partial charge in [-0.15, -0.1) is 0 Å². The molecule has 1 heterocycles. The number of carbonyl (C=O) groups is 1. The van der Waals surface area contributed by atoms with Gasteiger partial charge < -0.3 is 10.2 Å². The van der Waals surface area contributed by atoms with Gasteiger partial charge in [0.15, 0.2) is 0 Å². The number of aromatic nitrogens is 2. The molecule has 0 aromatic carbocycles. The van der Waals surface area contributed by atoms with Crippen LogP contribution in [0.2, 0.25) is 0 Å². The van der Waals surface area contributed by atoms with E-state index in [1.165, 1.54) is 37.7 Å². The van der Waals surface area contributed by atoms with Gasteiger partial charge in [-0.2, -0.15) is 5.10 Å². The fourth-order valence-corrected chi connectivity index (χ4v) is 4.58. The SMILES string of the molecule is CC1CCCC(CCN(C)CCNC(=O)c2c3c(nn2C)CCC3)C1. The van der Waals surface area contributed by atoms with Crippen LogP contribution < -0.4 is 5.32 Å². The zero-order valence-corrected chi connectivity index (χ0v) is 16.2. The predicted octanol–water partition coefficient (Wildman–Crippen LogP) is 2.79. The van der Waals surface area contributed by atoms with Gasteiger partial charge in [-0.25, -0.2) is 0 Å². The third-order valence-electron chi connectivity index (χ3n) is 6.03. The number of fused-ring (bicyclic) bond motifs is 1. The molecule has 0 aliphatic heterocycles. The molecule has 0 saturated heterocycles. The Morgan fingerprint density at radius 3 is 2.92 bits per heavy atom. The van der Waals surface area contributed by atoms with Crippen LogP contribution >= 0.6 is 0 Å². The molecule has 1 amide bonds. The van der Waals surface area contributed by atoms with Crippen molar-refractivity contribution in [2.45, 2.75) is 58.3 Å². The summed E-state index contributed by atoms with van der Waals surface area (Å²) in [4.78, 5) is 14.9. The largest absolute Gasteiger partial charge is 0.349 e. The normalized spacial score (nSPS) is 23.0. The van der Waals surface area contributed by atoms with Crippen molar-refractivity contribution < 1.29 is 4.79 Å². The van der Waals surface area contributed by atoms with Crippen molar-refractivity contribution in [3.63, 3.8) is 0 Å². The first kappa shape index (κ1) is 18.4. The van der Waals surface area contributed by atoms with Crippen LogP contribution in [0.4, 0.5) is 0 Å². The van der Waals surface area contributed by atoms with Crippen LogP contribution in [0.3, 0.4) is 0 Å². The van der Waals surface area contributed by atoms with E-state index in [-0.39, 0.29) is 5.91 Å². The molecule has 25 heavy (non-hydrogen) atoms. The van der Waals surface area contributed by atoms with Crippen molar-refractivity contribution in [3.05, 3.63) is 17.0 Å². The quantitative estimate of drug-likeness (QED) is 0.826. The molecule has 2 aliphatic rings. The smallest absolute Gasteiger partial charge is 0.269 e. The average molecular weight is 347 g/mol. The molecule has 0 spiro atoms. The maximum Gasteiger partial charge on any atom is 0.269 e. The van der Waals surface area contributed by atoms with E-state index in [0.717, 1.165) is 55.6 Å². The Morgan fingerprint density at radius 1 is 1.28 bits per heavy atom. The van der Waals surface area contributed by atoms with Gasteiger partial charge in [-0.05, 0) is 57.5 Å². The highest BCUT2D eigenvalue weighted by molar-refractivity contribution is 5.94. The lowest BCUT2D eigenvalue weighted by Crippen LogP contribution is -2.35. The van der Waals surface area contributed by atoms with Crippen LogP contribution in [0, 0.1) is 11.8 Å². The first-order valence-corrected chi connectivity index (χ1v) is 10.1. The fraction of sp³-hybridized carbons (Fsp3) is 0.800. The fourth-order valence-electron chi connectivity index (χ4n) is 4.58. The molecular weight excluding hydrogens is 312 g/mol. The highest BCUT2D eigenvalue weighted by atomic mass is 16.2. The number of carbonyl (C=O) groups excluding carboxylic acids is 1. The highest BCUT2D eigenvalue weighted by Crippen LogP contribution is 2.30. The minimum absolute atomic E-state index is 0.0349. The van der Waals surface area contributed by atoms with E-state index in [1.54, 1.807) is 4.68 Å². The number of rotatable bonds is 7. The molecule has 2 unspecified atom stereocenters. The minimum atomic E-state index is 0.0349. The molecule has 140 valence electrons. The summed E-state index contributed by atoms with van der Waals surface area (Å²) in [5.74, 6) is 1.84. The van der Waals surface area contributed by atoms with Gasteiger partial charge in [0.2, 0.25) is 0 Å². The molecule has 0 bridgehead atoms. The Hall–Kier alpha value is -1.36. The summed E-state index contributed by atoms with van der Waals surface area (Å²) < 4.78 is 1.76. The zero-order chi connectivity index (χ0) is 17.8. The summed E-state index contributed by atoms with van der Waals surface area (Å²) in [6.45, 7) is 5.14. The van der Waals surface area contributed by atoms with Crippen LogP contribution in [0.15, 0.2) is 0 Å². The number of hydrogen-bond donors (Lipinski definition) is 1. The summed E-state index contributed by atoms with van der Waals surface area (Å²) in [6, 6.07) is 0. The molecule has 2 aliphatic carbocycles. The van der Waals surface area contributed by atoms with E-state index in [0.29, 0.717) is 6.54 Å². The van der Waals surface area contributed by atoms with E-state index in [1.807, 2.05) is 7.05 Å². The van der Waals surface area contributed by atoms with Crippen LogP contribution in [-0.4, -0.2) is 47.3 Å². The number of hydrogen-bond acceptors (Lipinski definition) is 3. The van der Waals surface area contributed by atoms with E-state index >= 15 is 0 Å². The lowest BCUT2D eigenvalue weighted by Gasteiger charge is -2.28. The second kappa shape index (κ2) is 8.35. The van der Waals surface area contributed by atoms with Crippen molar-refractivity contribution >= 4 is 5.91 Å². The van der Waals surface area contributed by atoms with Gasteiger partial charge in [0.25, 0.3) is 5.91 Å². The molecule has 1 N–H and O–H groups in total. The third-order valence-corrected chi connectivity index (χ3v) is 6.03. The highest BCUT2D eigenvalue weighted by Gasteiger charge is 2.25. The lowest BCUT2D eigenvalue weighted by molar-refractivity contribution is 0.0939. The van der Waals surface area contributed by atoms with E-state index in [4.69, 9.17) is 0 Å². The molecule has 1 fully saturated rings. The van der Waals surface area contributed by atoms with E-state index in [9.17, 15) is 4.79 Å². The topological polar surface area (TPSA) is 50.2 Å². The molecule has 2 atom stereocenters. The maximum atomic E-state index is 12.5. The Balaban J connectivity index is 1.38. The first-order chi connectivity index (χ1) is 12.0. The van der Waals surface area contributed by atoms with E-state index < -0.39 is 0 Å². The molecule has 3 rings (SSSR count). The molecule has 1 saturated carbocycles. The summed E-state index contributed by atoms with van der Waals surface area (Å²) in [5, 5.41) is 7.58. The zero-order valence-electron chi connectivity index (χ0n) is 16.2. The minimum Gasteiger partial charge on any atom is -0.349 e. The first-order valence-electron chi connectivity index (χ1n) is 10.1. The average Bonchev–Trinajstić information content (AvgIpc) is 3.12. The van der Waals surface area contributed by atoms with Crippen molar-refractivity contribution in [2.75, 3.05) is 26.7 Å². The van der Waals surface area contributed by atoms with Crippen molar-refractivity contribution in [3.8, 4) is 0 Å². The Morgan fingerprint density at radius 2 is 2.12 bits per heavy atom. The van der Waals surface area contributed by atoms with Gasteiger partial charge in [0, 0.05) is 25.7 Å². The molecule has 1 aromatic heterocycles. The summed E-state index contributed by atoms with van der Waals surface area (Å²) in [7, 11) is 4.05. The number of aryl methyl sites for hydroxylation is 2. The van der Waals surface area contributed by atoms with E-state index in [2.05, 4.69) is 29.3 Å². The van der Waals surface area contributed by atoms with Crippen LogP contribution in [0.1, 0.15) is 67.2 Å². The number of likely N-dealkylation sites (N-methyl/N-ethyl adjacent to an activating group) is 1. The summed E-state index contributed by atoms with van der Waals surface area (Å²) in [6.07, 6.45) is 10.0. The second-order valence-electron chi connectivity index (χ2n) is 8.24. The molecule has 0 radical (unpaired) electrons. The molecule has 5 heteroatoms. The maximum absolute atomic E-state index is 12.5. The monoisotopic (exact) mass is 346 g/mol. The summed E-state index contributed by atoms with van der Waals surface area (Å²) in [5.41, 5.74) is 3.05. The Bertz CT molecular complexity index is 595. The second-order valence-corrected chi connectivity index (χ2v) is 8.24. The van der Waals surface area contributed by atoms with Gasteiger partial charge in [0.1, 0.15) is 5.69 Å². The van der Waals surface area contributed by atoms with Gasteiger partial charge in [0.05, 0.1) is 5.69 Å². The van der Waals surface area contributed by atoms with Gasteiger partial charge in [-0.1, -0.05) is 26.2 Å².